The van der Waals surface area contributed by atoms with E-state index in [1.54, 1.807) is 0 Å². The first-order valence-corrected chi connectivity index (χ1v) is 30.1. The maximum Gasteiger partial charge on any atom is 0.0784 e. The largest absolute Gasteiger partial charge is 0.311 e. The number of hydrogen-bond acceptors (Lipinski definition) is 1. The summed E-state index contributed by atoms with van der Waals surface area (Å²) in [7, 11) is -4.98. The molecule has 0 aliphatic carbocycles. The van der Waals surface area contributed by atoms with Crippen LogP contribution in [0.5, 0.6) is 0 Å². The van der Waals surface area contributed by atoms with E-state index in [0.29, 0.717) is 0 Å². The van der Waals surface area contributed by atoms with Gasteiger partial charge in [0.25, 0.3) is 0 Å². The lowest BCUT2D eigenvalue weighted by Crippen LogP contribution is -2.23. The molecule has 0 amide bonds. The molecule has 0 unspecified atom stereocenters. The zero-order valence-corrected chi connectivity index (χ0v) is 37.3. The van der Waals surface area contributed by atoms with Gasteiger partial charge in [-0.3, -0.25) is 0 Å². The number of nitrogens with zero attached hydrogens (tertiary/aromatic N) is 1. The Kier molecular flexibility index (Phi) is 12.1. The third kappa shape index (κ3) is 10.2. The molecule has 0 aromatic heterocycles. The van der Waals surface area contributed by atoms with Crippen LogP contribution < -0.4 is 4.90 Å². The van der Waals surface area contributed by atoms with Crippen LogP contribution in [0.15, 0.2) is 164 Å². The predicted molar refractivity (Wildman–Crippen MR) is 254 cm³/mol. The van der Waals surface area contributed by atoms with Crippen LogP contribution >= 0.6 is 0 Å². The van der Waals surface area contributed by atoms with E-state index in [2.05, 4.69) is 246 Å². The maximum absolute atomic E-state index is 2.44. The van der Waals surface area contributed by atoms with Gasteiger partial charge in [-0.15, -0.1) is 0 Å². The first kappa shape index (κ1) is 39.7. The highest BCUT2D eigenvalue weighted by atomic mass is 28.3. The third-order valence-corrected chi connectivity index (χ3v) is 16.2. The van der Waals surface area contributed by atoms with Gasteiger partial charge in [-0.1, -0.05) is 220 Å². The summed E-state index contributed by atoms with van der Waals surface area (Å²) in [4.78, 5) is 2.41. The number of hydrogen-bond donors (Lipinski definition) is 0. The van der Waals surface area contributed by atoms with Crippen molar-refractivity contribution in [1.82, 2.24) is 0 Å². The molecular weight excluding hydrogens is 711 g/mol. The van der Waals surface area contributed by atoms with E-state index in [-0.39, 0.29) is 0 Å². The molecule has 0 saturated carbocycles. The highest BCUT2D eigenvalue weighted by Crippen LogP contribution is 2.39. The summed E-state index contributed by atoms with van der Waals surface area (Å²) in [6.07, 6.45) is 7.19. The van der Waals surface area contributed by atoms with Gasteiger partial charge < -0.3 is 4.90 Å². The molecule has 0 atom stereocenters. The van der Waals surface area contributed by atoms with Gasteiger partial charge in [0.2, 0.25) is 0 Å². The second kappa shape index (κ2) is 16.8. The molecule has 6 aromatic carbocycles. The standard InChI is InChI=1S/C51H57NSi3/c1-53(2,3)49(37-40-19-13-10-14-20-40)43-25-31-46(32-26-43)52(47-33-27-44(28-34-47)50(54(4,5)6)38-41-21-15-11-16-22-41)48-35-29-45(30-36-48)51(55(7,8)9)39-42-23-17-12-18-24-42/h10-39H,1-9H3/b49-37+,50-38+,51-39+. The summed E-state index contributed by atoms with van der Waals surface area (Å²) in [5.74, 6) is 0. The molecule has 0 saturated heterocycles. The zero-order chi connectivity index (χ0) is 39.2. The Bertz CT molecular complexity index is 1980. The zero-order valence-electron chi connectivity index (χ0n) is 34.3. The molecule has 4 heteroatoms. The molecule has 1 nitrogen and oxygen atoms in total. The minimum Gasteiger partial charge on any atom is -0.311 e. The first-order chi connectivity index (χ1) is 26.2. The Morgan fingerprint density at radius 3 is 0.727 bits per heavy atom. The molecule has 55 heavy (non-hydrogen) atoms. The molecule has 6 rings (SSSR count). The Morgan fingerprint density at radius 1 is 0.309 bits per heavy atom. The molecule has 0 N–H and O–H groups in total. The van der Waals surface area contributed by atoms with Crippen LogP contribution in [-0.2, 0) is 0 Å². The van der Waals surface area contributed by atoms with Crippen LogP contribution in [0.3, 0.4) is 0 Å². The topological polar surface area (TPSA) is 3.24 Å². The van der Waals surface area contributed by atoms with Crippen LogP contribution in [0.25, 0.3) is 33.8 Å². The van der Waals surface area contributed by atoms with Gasteiger partial charge in [-0.2, -0.15) is 0 Å². The molecule has 0 spiro atoms. The van der Waals surface area contributed by atoms with Crippen molar-refractivity contribution in [3.8, 4) is 0 Å². The van der Waals surface area contributed by atoms with Gasteiger partial charge in [-0.05, 0) is 69.8 Å². The summed E-state index contributed by atoms with van der Waals surface area (Å²) in [5, 5.41) is 4.37. The molecule has 0 aliphatic rings. The van der Waals surface area contributed by atoms with E-state index >= 15 is 0 Å². The Labute approximate surface area is 334 Å². The van der Waals surface area contributed by atoms with Crippen LogP contribution in [-0.4, -0.2) is 24.2 Å². The van der Waals surface area contributed by atoms with Gasteiger partial charge in [0.15, 0.2) is 0 Å². The summed E-state index contributed by atoms with van der Waals surface area (Å²) in [6.45, 7) is 21.9. The van der Waals surface area contributed by atoms with E-state index in [1.165, 1.54) is 49.0 Å². The summed E-state index contributed by atoms with van der Waals surface area (Å²) in [6, 6.07) is 60.0. The predicted octanol–water partition coefficient (Wildman–Crippen LogP) is 15.4. The van der Waals surface area contributed by atoms with E-state index in [1.807, 2.05) is 0 Å². The van der Waals surface area contributed by atoms with Crippen molar-refractivity contribution in [2.75, 3.05) is 4.90 Å². The Morgan fingerprint density at radius 2 is 0.527 bits per heavy atom. The lowest BCUT2D eigenvalue weighted by molar-refractivity contribution is 1.28. The molecule has 0 heterocycles. The molecule has 0 fully saturated rings. The van der Waals surface area contributed by atoms with Gasteiger partial charge in [0.1, 0.15) is 0 Å². The van der Waals surface area contributed by atoms with Crippen LogP contribution in [0, 0.1) is 0 Å². The number of anilines is 3. The minimum absolute atomic E-state index is 1.15. The average Bonchev–Trinajstić information content (AvgIpc) is 3.16. The van der Waals surface area contributed by atoms with E-state index in [0.717, 1.165) is 17.1 Å². The van der Waals surface area contributed by atoms with Crippen molar-refractivity contribution in [2.45, 2.75) is 58.9 Å². The van der Waals surface area contributed by atoms with Gasteiger partial charge in [-0.25, -0.2) is 0 Å². The minimum atomic E-state index is -1.66. The van der Waals surface area contributed by atoms with Gasteiger partial charge in [0.05, 0.1) is 24.2 Å². The van der Waals surface area contributed by atoms with Gasteiger partial charge >= 0.3 is 0 Å². The van der Waals surface area contributed by atoms with Crippen molar-refractivity contribution in [3.63, 3.8) is 0 Å². The van der Waals surface area contributed by atoms with Crippen molar-refractivity contribution < 1.29 is 0 Å². The fraction of sp³-hybridized carbons (Fsp3) is 0.176. The smallest absolute Gasteiger partial charge is 0.0784 e. The van der Waals surface area contributed by atoms with Crippen molar-refractivity contribution in [1.29, 1.82) is 0 Å². The quantitative estimate of drug-likeness (QED) is 0.0885. The molecule has 0 radical (unpaired) electrons. The Hall–Kier alpha value is -5.01. The highest BCUT2D eigenvalue weighted by Gasteiger charge is 2.25. The summed E-state index contributed by atoms with van der Waals surface area (Å²) >= 11 is 0. The maximum atomic E-state index is 2.44. The highest BCUT2D eigenvalue weighted by molar-refractivity contribution is 6.95. The second-order valence-corrected chi connectivity index (χ2v) is 32.7. The van der Waals surface area contributed by atoms with Crippen molar-refractivity contribution >= 4 is 75.1 Å². The molecule has 0 aliphatic heterocycles. The summed E-state index contributed by atoms with van der Waals surface area (Å²) in [5.41, 5.74) is 11.1. The second-order valence-electron chi connectivity index (χ2n) is 17.6. The van der Waals surface area contributed by atoms with E-state index in [9.17, 15) is 0 Å². The summed E-state index contributed by atoms with van der Waals surface area (Å²) < 4.78 is 0. The number of rotatable bonds is 12. The van der Waals surface area contributed by atoms with Crippen molar-refractivity contribution in [3.05, 3.63) is 197 Å². The molecule has 278 valence electrons. The van der Waals surface area contributed by atoms with E-state index < -0.39 is 24.2 Å². The van der Waals surface area contributed by atoms with Crippen LogP contribution in [0.1, 0.15) is 33.4 Å². The van der Waals surface area contributed by atoms with E-state index in [4.69, 9.17) is 0 Å². The fourth-order valence-electron chi connectivity index (χ4n) is 7.16. The lowest BCUT2D eigenvalue weighted by Gasteiger charge is -2.28. The van der Waals surface area contributed by atoms with Crippen LogP contribution in [0.2, 0.25) is 58.9 Å². The normalized spacial score (nSPS) is 13.1. The van der Waals surface area contributed by atoms with Crippen molar-refractivity contribution in [2.24, 2.45) is 0 Å². The SMILES string of the molecule is C[Si](C)(C)/C(=C/c1ccccc1)c1ccc(N(c2ccc(/C(=C\c3ccccc3)[Si](C)(C)C)cc2)c2ccc(/C(=C\c3ccccc3)[Si](C)(C)C)cc2)cc1. The van der Waals surface area contributed by atoms with Crippen LogP contribution in [0.4, 0.5) is 17.1 Å². The third-order valence-electron chi connectivity index (χ3n) is 10.1. The fourth-order valence-corrected chi connectivity index (χ4v) is 12.1. The Balaban J connectivity index is 1.44. The average molecular weight is 768 g/mol. The molecule has 6 aromatic rings. The van der Waals surface area contributed by atoms with Gasteiger partial charge in [0, 0.05) is 17.1 Å². The number of benzene rings is 6. The first-order valence-electron chi connectivity index (χ1n) is 19.6. The lowest BCUT2D eigenvalue weighted by atomic mass is 10.1. The molecular formula is C51H57NSi3. The molecule has 0 bridgehead atoms. The monoisotopic (exact) mass is 767 g/mol.